The van der Waals surface area contributed by atoms with Gasteiger partial charge in [-0.2, -0.15) is 0 Å². The van der Waals surface area contributed by atoms with E-state index < -0.39 is 0 Å². The van der Waals surface area contributed by atoms with E-state index in [2.05, 4.69) is 4.85 Å². The van der Waals surface area contributed by atoms with Crippen molar-refractivity contribution >= 4 is 0 Å². The molecule has 0 amide bonds. The molecule has 0 aliphatic heterocycles. The summed E-state index contributed by atoms with van der Waals surface area (Å²) in [5.41, 5.74) is 0.127. The van der Waals surface area contributed by atoms with Gasteiger partial charge in [0.05, 0.1) is 12.6 Å². The average Bonchev–Trinajstić information content (AvgIpc) is 1.98. The van der Waals surface area contributed by atoms with E-state index in [9.17, 15) is 0 Å². The number of hydrogen-bond acceptors (Lipinski definition) is 1. The molecule has 0 saturated heterocycles. The Morgan fingerprint density at radius 2 is 2.27 bits per heavy atom. The maximum atomic E-state index is 8.33. The van der Waals surface area contributed by atoms with Gasteiger partial charge in [-0.15, -0.1) is 0 Å². The second kappa shape index (κ2) is 5.26. The topological polar surface area (TPSA) is 28.1 Å². The van der Waals surface area contributed by atoms with Crippen molar-refractivity contribution in [1.29, 1.82) is 5.26 Å². The fraction of sp³-hybridized carbons (Fsp3) is 0.333. The third-order valence-corrected chi connectivity index (χ3v) is 0.985. The van der Waals surface area contributed by atoms with E-state index in [1.54, 1.807) is 12.1 Å². The highest BCUT2D eigenvalue weighted by Gasteiger charge is 1.86. The maximum absolute atomic E-state index is 8.33. The largest absolute Gasteiger partial charge is 0.261 e. The van der Waals surface area contributed by atoms with Crippen LogP contribution < -0.4 is 0 Å². The number of rotatable bonds is 2. The third kappa shape index (κ3) is 4.93. The van der Waals surface area contributed by atoms with E-state index >= 15 is 0 Å². The summed E-state index contributed by atoms with van der Waals surface area (Å²) < 4.78 is 0. The first kappa shape index (κ1) is 9.46. The zero-order chi connectivity index (χ0) is 8.69. The second-order valence-corrected chi connectivity index (χ2v) is 2.40. The van der Waals surface area contributed by atoms with Crippen molar-refractivity contribution in [1.82, 2.24) is 0 Å². The van der Waals surface area contributed by atoms with Crippen molar-refractivity contribution in [3.8, 4) is 6.07 Å². The molecule has 0 N–H and O–H groups in total. The molecule has 0 aromatic rings. The van der Waals surface area contributed by atoms with E-state index in [-0.39, 0.29) is 5.70 Å². The lowest BCUT2D eigenvalue weighted by Gasteiger charge is -1.88. The van der Waals surface area contributed by atoms with Gasteiger partial charge >= 0.3 is 0 Å². The van der Waals surface area contributed by atoms with Gasteiger partial charge in [0.1, 0.15) is 0 Å². The summed E-state index contributed by atoms with van der Waals surface area (Å²) in [7, 11) is 0. The van der Waals surface area contributed by atoms with Gasteiger partial charge in [0, 0.05) is 0 Å². The molecule has 0 aromatic heterocycles. The van der Waals surface area contributed by atoms with Gasteiger partial charge in [-0.3, -0.25) is 0 Å². The molecule has 11 heavy (non-hydrogen) atoms. The predicted molar refractivity (Wildman–Crippen MR) is 44.3 cm³/mol. The molecule has 0 aliphatic carbocycles. The van der Waals surface area contributed by atoms with Crippen molar-refractivity contribution in [2.75, 3.05) is 0 Å². The first-order chi connectivity index (χ1) is 5.20. The van der Waals surface area contributed by atoms with E-state index in [0.29, 0.717) is 5.92 Å². The standard InChI is InChI=1S/C9H10N2/c1-8(2)5-4-6-9(7-10)11-3/h4-6,8H,1-2H3/b5-4+,9-6-. The Balaban J connectivity index is 4.15. The molecule has 0 heterocycles. The Morgan fingerprint density at radius 1 is 1.64 bits per heavy atom. The van der Waals surface area contributed by atoms with E-state index in [4.69, 9.17) is 11.8 Å². The van der Waals surface area contributed by atoms with Crippen LogP contribution >= 0.6 is 0 Å². The molecular weight excluding hydrogens is 136 g/mol. The first-order valence-electron chi connectivity index (χ1n) is 3.36. The van der Waals surface area contributed by atoms with Gasteiger partial charge in [-0.25, -0.2) is 10.1 Å². The van der Waals surface area contributed by atoms with Gasteiger partial charge in [0.15, 0.2) is 0 Å². The quantitative estimate of drug-likeness (QED) is 0.334. The lowest BCUT2D eigenvalue weighted by atomic mass is 10.2. The first-order valence-corrected chi connectivity index (χ1v) is 3.36. The van der Waals surface area contributed by atoms with Crippen LogP contribution in [-0.2, 0) is 0 Å². The van der Waals surface area contributed by atoms with Crippen LogP contribution in [0.3, 0.4) is 0 Å². The molecule has 2 heteroatoms. The minimum Gasteiger partial charge on any atom is -0.227 e. The molecular formula is C9H10N2. The van der Waals surface area contributed by atoms with Crippen molar-refractivity contribution in [3.05, 3.63) is 35.3 Å². The van der Waals surface area contributed by atoms with Crippen LogP contribution in [0.25, 0.3) is 4.85 Å². The Bertz CT molecular complexity index is 230. The summed E-state index contributed by atoms with van der Waals surface area (Å²) in [5.74, 6) is 0.455. The molecule has 0 bridgehead atoms. The Hall–Kier alpha value is -1.54. The summed E-state index contributed by atoms with van der Waals surface area (Å²) >= 11 is 0. The van der Waals surface area contributed by atoms with Crippen LogP contribution in [0.2, 0.25) is 0 Å². The minimum atomic E-state index is 0.127. The van der Waals surface area contributed by atoms with Crippen molar-refractivity contribution in [2.45, 2.75) is 13.8 Å². The summed E-state index contributed by atoms with van der Waals surface area (Å²) in [5, 5.41) is 8.33. The van der Waals surface area contributed by atoms with Crippen molar-refractivity contribution in [3.63, 3.8) is 0 Å². The van der Waals surface area contributed by atoms with Gasteiger partial charge in [-0.1, -0.05) is 26.0 Å². The summed E-state index contributed by atoms with van der Waals surface area (Å²) in [6.45, 7) is 10.6. The van der Waals surface area contributed by atoms with E-state index in [1.807, 2.05) is 19.9 Å². The summed E-state index contributed by atoms with van der Waals surface area (Å²) in [6.07, 6.45) is 5.19. The number of hydrogen-bond donors (Lipinski definition) is 0. The third-order valence-electron chi connectivity index (χ3n) is 0.985. The van der Waals surface area contributed by atoms with Crippen LogP contribution in [0.5, 0.6) is 0 Å². The smallest absolute Gasteiger partial charge is 0.227 e. The SMILES string of the molecule is [C-]#[N+]/C(C#N)=C\C=C\C(C)C. The van der Waals surface area contributed by atoms with Gasteiger partial charge in [0.2, 0.25) is 0 Å². The van der Waals surface area contributed by atoms with Crippen LogP contribution in [0.4, 0.5) is 0 Å². The molecule has 0 radical (unpaired) electrons. The molecule has 0 aliphatic rings. The van der Waals surface area contributed by atoms with Gasteiger partial charge in [-0.05, 0) is 12.0 Å². The zero-order valence-corrected chi connectivity index (χ0v) is 6.70. The molecule has 56 valence electrons. The number of nitrogens with zero attached hydrogens (tertiary/aromatic N) is 2. The van der Waals surface area contributed by atoms with Crippen molar-refractivity contribution < 1.29 is 0 Å². The highest BCUT2D eigenvalue weighted by atomic mass is 14.7. The van der Waals surface area contributed by atoms with Gasteiger partial charge < -0.3 is 0 Å². The molecule has 0 unspecified atom stereocenters. The molecule has 0 spiro atoms. The molecule has 0 saturated carbocycles. The zero-order valence-electron chi connectivity index (χ0n) is 6.70. The van der Waals surface area contributed by atoms with Crippen molar-refractivity contribution in [2.24, 2.45) is 5.92 Å². The normalized spacial score (nSPS) is 11.5. The highest BCUT2D eigenvalue weighted by molar-refractivity contribution is 5.30. The van der Waals surface area contributed by atoms with E-state index in [0.717, 1.165) is 0 Å². The van der Waals surface area contributed by atoms with Crippen LogP contribution in [-0.4, -0.2) is 0 Å². The predicted octanol–water partition coefficient (Wildman–Crippen LogP) is 2.53. The lowest BCUT2D eigenvalue weighted by Crippen LogP contribution is -1.75. The Kier molecular flexibility index (Phi) is 4.52. The second-order valence-electron chi connectivity index (χ2n) is 2.40. The average molecular weight is 146 g/mol. The van der Waals surface area contributed by atoms with Gasteiger partial charge in [0.25, 0.3) is 5.70 Å². The fourth-order valence-electron chi connectivity index (χ4n) is 0.468. The molecule has 0 rings (SSSR count). The molecule has 0 atom stereocenters. The Labute approximate surface area is 67.3 Å². The fourth-order valence-corrected chi connectivity index (χ4v) is 0.468. The van der Waals surface area contributed by atoms with Crippen LogP contribution in [0, 0.1) is 23.8 Å². The Morgan fingerprint density at radius 3 is 2.64 bits per heavy atom. The van der Waals surface area contributed by atoms with E-state index in [1.165, 1.54) is 6.08 Å². The summed E-state index contributed by atoms with van der Waals surface area (Å²) in [6, 6.07) is 1.78. The highest BCUT2D eigenvalue weighted by Crippen LogP contribution is 1.97. The number of nitriles is 1. The lowest BCUT2D eigenvalue weighted by molar-refractivity contribution is 0.832. The van der Waals surface area contributed by atoms with Crippen LogP contribution in [0.15, 0.2) is 23.9 Å². The maximum Gasteiger partial charge on any atom is 0.261 e. The summed E-state index contributed by atoms with van der Waals surface area (Å²) in [4.78, 5) is 3.00. The van der Waals surface area contributed by atoms with Crippen LogP contribution in [0.1, 0.15) is 13.8 Å². The minimum absolute atomic E-state index is 0.127. The molecule has 2 nitrogen and oxygen atoms in total. The molecule has 0 fully saturated rings. The number of allylic oxidation sites excluding steroid dienone is 4. The molecule has 0 aromatic carbocycles. The monoisotopic (exact) mass is 146 g/mol.